The number of carboxylic acids is 1. The zero-order valence-electron chi connectivity index (χ0n) is 14.2. The topological polar surface area (TPSA) is 70.5 Å². The summed E-state index contributed by atoms with van der Waals surface area (Å²) in [5.74, 6) is -1.57. The van der Waals surface area contributed by atoms with Crippen molar-refractivity contribution in [3.05, 3.63) is 41.1 Å². The Hall–Kier alpha value is -2.43. The van der Waals surface area contributed by atoms with E-state index in [9.17, 15) is 9.59 Å². The third-order valence-electron chi connectivity index (χ3n) is 4.53. The van der Waals surface area contributed by atoms with E-state index in [0.29, 0.717) is 11.3 Å². The number of carbonyl (C=O) groups is 2. The van der Waals surface area contributed by atoms with Crippen LogP contribution < -0.4 is 0 Å². The number of carbonyl (C=O) groups excluding carboxylic acids is 1. The van der Waals surface area contributed by atoms with Crippen molar-refractivity contribution in [1.82, 2.24) is 9.88 Å². The third kappa shape index (κ3) is 3.25. The Labute approximate surface area is 141 Å². The van der Waals surface area contributed by atoms with E-state index in [1.54, 1.807) is 11.8 Å². The minimum atomic E-state index is -0.877. The van der Waals surface area contributed by atoms with Gasteiger partial charge < -0.3 is 10.0 Å². The normalized spacial score (nSPS) is 15.3. The van der Waals surface area contributed by atoms with E-state index in [1.807, 2.05) is 38.1 Å². The van der Waals surface area contributed by atoms with Gasteiger partial charge in [-0.2, -0.15) is 0 Å². The van der Waals surface area contributed by atoms with Gasteiger partial charge in [0, 0.05) is 18.0 Å². The molecule has 1 amide bonds. The monoisotopic (exact) mass is 326 g/mol. The van der Waals surface area contributed by atoms with Gasteiger partial charge in [-0.3, -0.25) is 14.6 Å². The zero-order valence-corrected chi connectivity index (χ0v) is 14.2. The number of aliphatic carboxylic acids is 1. The lowest BCUT2D eigenvalue weighted by atomic mass is 10.1. The Morgan fingerprint density at radius 1 is 1.29 bits per heavy atom. The minimum Gasteiger partial charge on any atom is -0.481 e. The number of rotatable bonds is 5. The van der Waals surface area contributed by atoms with Crippen molar-refractivity contribution >= 4 is 22.8 Å². The van der Waals surface area contributed by atoms with Gasteiger partial charge in [0.1, 0.15) is 0 Å². The quantitative estimate of drug-likeness (QED) is 0.916. The third-order valence-corrected chi connectivity index (χ3v) is 4.53. The van der Waals surface area contributed by atoms with Crippen molar-refractivity contribution in [2.75, 3.05) is 6.54 Å². The van der Waals surface area contributed by atoms with Crippen LogP contribution in [0.25, 0.3) is 10.9 Å². The van der Waals surface area contributed by atoms with Gasteiger partial charge in [-0.25, -0.2) is 0 Å². The molecule has 1 saturated carbocycles. The smallest absolute Gasteiger partial charge is 0.308 e. The van der Waals surface area contributed by atoms with Gasteiger partial charge in [0.05, 0.1) is 22.7 Å². The predicted molar refractivity (Wildman–Crippen MR) is 92.1 cm³/mol. The Balaban J connectivity index is 1.96. The Kier molecular flexibility index (Phi) is 4.26. The van der Waals surface area contributed by atoms with E-state index in [4.69, 9.17) is 5.11 Å². The van der Waals surface area contributed by atoms with E-state index in [0.717, 1.165) is 29.3 Å². The minimum absolute atomic E-state index is 0.112. The van der Waals surface area contributed by atoms with Crippen molar-refractivity contribution in [2.45, 2.75) is 39.7 Å². The summed E-state index contributed by atoms with van der Waals surface area (Å²) in [6, 6.07) is 8.01. The van der Waals surface area contributed by atoms with Crippen LogP contribution in [0.15, 0.2) is 24.3 Å². The summed E-state index contributed by atoms with van der Waals surface area (Å²) in [5.41, 5.74) is 3.24. The fourth-order valence-corrected chi connectivity index (χ4v) is 2.92. The Bertz CT molecular complexity index is 812. The number of fused-ring (bicyclic) bond motifs is 1. The summed E-state index contributed by atoms with van der Waals surface area (Å²) in [6.45, 7) is 5.72. The molecule has 5 heteroatoms. The summed E-state index contributed by atoms with van der Waals surface area (Å²) >= 11 is 0. The molecule has 1 atom stereocenters. The number of hydrogen-bond acceptors (Lipinski definition) is 3. The number of hydrogen-bond donors (Lipinski definition) is 1. The molecule has 126 valence electrons. The van der Waals surface area contributed by atoms with Crippen LogP contribution in [0.5, 0.6) is 0 Å². The van der Waals surface area contributed by atoms with Crippen molar-refractivity contribution < 1.29 is 14.7 Å². The first-order valence-electron chi connectivity index (χ1n) is 8.28. The summed E-state index contributed by atoms with van der Waals surface area (Å²) in [6.07, 6.45) is 1.88. The molecule has 2 aromatic rings. The number of carboxylic acid groups (broad SMARTS) is 1. The van der Waals surface area contributed by atoms with Gasteiger partial charge in [-0.05, 0) is 44.9 Å². The Morgan fingerprint density at radius 2 is 2.00 bits per heavy atom. The summed E-state index contributed by atoms with van der Waals surface area (Å²) < 4.78 is 0. The highest BCUT2D eigenvalue weighted by atomic mass is 16.4. The van der Waals surface area contributed by atoms with Crippen molar-refractivity contribution in [1.29, 1.82) is 0 Å². The van der Waals surface area contributed by atoms with Gasteiger partial charge in [0.15, 0.2) is 0 Å². The maximum absolute atomic E-state index is 13.0. The fourth-order valence-electron chi connectivity index (χ4n) is 2.92. The molecule has 24 heavy (non-hydrogen) atoms. The van der Waals surface area contributed by atoms with Crippen LogP contribution >= 0.6 is 0 Å². The lowest BCUT2D eigenvalue weighted by Gasteiger charge is -2.25. The molecule has 0 bridgehead atoms. The summed E-state index contributed by atoms with van der Waals surface area (Å²) in [5, 5.41) is 10.1. The molecule has 1 fully saturated rings. The highest BCUT2D eigenvalue weighted by Crippen LogP contribution is 2.30. The molecule has 0 aliphatic heterocycles. The molecule has 1 unspecified atom stereocenters. The molecule has 1 aliphatic rings. The van der Waals surface area contributed by atoms with Crippen molar-refractivity contribution in [3.63, 3.8) is 0 Å². The first-order valence-corrected chi connectivity index (χ1v) is 8.28. The second kappa shape index (κ2) is 6.23. The number of aryl methyl sites for hydroxylation is 2. The maximum Gasteiger partial charge on any atom is 0.308 e. The number of amides is 1. The van der Waals surface area contributed by atoms with E-state index in [1.165, 1.54) is 0 Å². The molecule has 0 spiro atoms. The molecule has 1 aromatic heterocycles. The van der Waals surface area contributed by atoms with Crippen LogP contribution in [-0.2, 0) is 4.79 Å². The summed E-state index contributed by atoms with van der Waals surface area (Å²) in [7, 11) is 0. The lowest BCUT2D eigenvalue weighted by Crippen LogP contribution is -2.39. The standard InChI is InChI=1S/C19H22N2O3/c1-11-4-7-17-14(8-11)9-16(13(3)20-17)18(22)21(15-5-6-15)10-12(2)19(23)24/h4,7-9,12,15H,5-6,10H2,1-3H3,(H,23,24). The van der Waals surface area contributed by atoms with Crippen LogP contribution in [0.4, 0.5) is 0 Å². The highest BCUT2D eigenvalue weighted by Gasteiger charge is 2.35. The SMILES string of the molecule is Cc1ccc2nc(C)c(C(=O)N(CC(C)C(=O)O)C3CC3)cc2c1. The van der Waals surface area contributed by atoms with E-state index < -0.39 is 11.9 Å². The predicted octanol–water partition coefficient (Wildman–Crippen LogP) is 3.18. The van der Waals surface area contributed by atoms with Crippen LogP contribution in [0, 0.1) is 19.8 Å². The molecule has 1 aliphatic carbocycles. The molecule has 1 N–H and O–H groups in total. The second-order valence-electron chi connectivity index (χ2n) is 6.75. The molecular formula is C19H22N2O3. The largest absolute Gasteiger partial charge is 0.481 e. The van der Waals surface area contributed by atoms with Gasteiger partial charge >= 0.3 is 5.97 Å². The highest BCUT2D eigenvalue weighted by molar-refractivity contribution is 5.99. The number of nitrogens with zero attached hydrogens (tertiary/aromatic N) is 2. The van der Waals surface area contributed by atoms with Crippen LogP contribution in [-0.4, -0.2) is 39.5 Å². The summed E-state index contributed by atoms with van der Waals surface area (Å²) in [4.78, 5) is 30.5. The lowest BCUT2D eigenvalue weighted by molar-refractivity contribution is -0.141. The molecular weight excluding hydrogens is 304 g/mol. The van der Waals surface area contributed by atoms with E-state index in [2.05, 4.69) is 4.98 Å². The molecule has 0 radical (unpaired) electrons. The van der Waals surface area contributed by atoms with Gasteiger partial charge in [0.25, 0.3) is 5.91 Å². The molecule has 1 heterocycles. The first kappa shape index (κ1) is 16.4. The van der Waals surface area contributed by atoms with E-state index >= 15 is 0 Å². The molecule has 3 rings (SSSR count). The Morgan fingerprint density at radius 3 is 2.62 bits per heavy atom. The average molecular weight is 326 g/mol. The molecule has 5 nitrogen and oxygen atoms in total. The first-order chi connectivity index (χ1) is 11.4. The van der Waals surface area contributed by atoms with Crippen molar-refractivity contribution in [2.24, 2.45) is 5.92 Å². The van der Waals surface area contributed by atoms with Crippen LogP contribution in [0.2, 0.25) is 0 Å². The van der Waals surface area contributed by atoms with E-state index in [-0.39, 0.29) is 18.5 Å². The van der Waals surface area contributed by atoms with Gasteiger partial charge in [0.2, 0.25) is 0 Å². The van der Waals surface area contributed by atoms with Crippen LogP contribution in [0.3, 0.4) is 0 Å². The number of pyridine rings is 1. The average Bonchev–Trinajstić information content (AvgIpc) is 3.36. The van der Waals surface area contributed by atoms with Gasteiger partial charge in [-0.1, -0.05) is 18.6 Å². The molecule has 0 saturated heterocycles. The van der Waals surface area contributed by atoms with Crippen molar-refractivity contribution in [3.8, 4) is 0 Å². The zero-order chi connectivity index (χ0) is 17.4. The number of aromatic nitrogens is 1. The molecule has 1 aromatic carbocycles. The second-order valence-corrected chi connectivity index (χ2v) is 6.75. The van der Waals surface area contributed by atoms with Crippen LogP contribution in [0.1, 0.15) is 41.4 Å². The number of benzene rings is 1. The fraction of sp³-hybridized carbons (Fsp3) is 0.421. The van der Waals surface area contributed by atoms with Gasteiger partial charge in [-0.15, -0.1) is 0 Å². The maximum atomic E-state index is 13.0.